The quantitative estimate of drug-likeness (QED) is 0.207. The minimum absolute atomic E-state index is 0.0268. The van der Waals surface area contributed by atoms with Crippen LogP contribution in [-0.4, -0.2) is 40.6 Å². The fourth-order valence-electron chi connectivity index (χ4n) is 2.87. The Morgan fingerprint density at radius 1 is 1.21 bits per heavy atom. The van der Waals surface area contributed by atoms with Gasteiger partial charge in [-0.1, -0.05) is 0 Å². The second kappa shape index (κ2) is 7.67. The summed E-state index contributed by atoms with van der Waals surface area (Å²) in [6.45, 7) is 0.0536. The molecule has 2 heterocycles. The Hall–Kier alpha value is -3.43. The molecule has 1 aromatic carbocycles. The van der Waals surface area contributed by atoms with Gasteiger partial charge in [-0.15, -0.1) is 0 Å². The molecule has 8 nitrogen and oxygen atoms in total. The molecule has 1 aliphatic heterocycles. The van der Waals surface area contributed by atoms with E-state index in [1.807, 2.05) is 0 Å². The summed E-state index contributed by atoms with van der Waals surface area (Å²) >= 11 is 0. The van der Waals surface area contributed by atoms with E-state index in [1.54, 1.807) is 30.5 Å². The van der Waals surface area contributed by atoms with Crippen molar-refractivity contribution in [3.8, 4) is 0 Å². The molecular weight excluding hydrogens is 368 g/mol. The number of hydrogen-bond donors (Lipinski definition) is 4. The van der Waals surface area contributed by atoms with Crippen molar-refractivity contribution < 1.29 is 13.6 Å². The number of likely N-dealkylation sites (tertiary alicyclic amines) is 1. The fraction of sp³-hybridized carbons (Fsp3) is 0.278. The van der Waals surface area contributed by atoms with Crippen molar-refractivity contribution in [1.82, 2.24) is 9.88 Å². The summed E-state index contributed by atoms with van der Waals surface area (Å²) in [5.41, 5.74) is 14.0. The number of amidine groups is 1. The number of aromatic nitrogens is 1. The lowest BCUT2D eigenvalue weighted by molar-refractivity contribution is -0.0494. The molecule has 10 heteroatoms. The van der Waals surface area contributed by atoms with Crippen LogP contribution in [0.3, 0.4) is 0 Å². The van der Waals surface area contributed by atoms with Gasteiger partial charge in [0.05, 0.1) is 23.3 Å². The van der Waals surface area contributed by atoms with E-state index in [9.17, 15) is 13.6 Å². The molecule has 1 aliphatic rings. The maximum atomic E-state index is 13.3. The van der Waals surface area contributed by atoms with E-state index < -0.39 is 5.92 Å². The smallest absolute Gasteiger partial charge is 0.253 e. The van der Waals surface area contributed by atoms with Gasteiger partial charge in [0.15, 0.2) is 5.84 Å². The van der Waals surface area contributed by atoms with E-state index in [1.165, 1.54) is 11.0 Å². The van der Waals surface area contributed by atoms with E-state index in [4.69, 9.17) is 17.3 Å². The van der Waals surface area contributed by atoms with Crippen molar-refractivity contribution in [2.24, 2.45) is 16.7 Å². The third kappa shape index (κ3) is 4.27. The summed E-state index contributed by atoms with van der Waals surface area (Å²) in [5.74, 6) is 2.22. The molecule has 28 heavy (non-hydrogen) atoms. The van der Waals surface area contributed by atoms with Crippen molar-refractivity contribution in [2.75, 3.05) is 24.1 Å². The fourth-order valence-corrected chi connectivity index (χ4v) is 2.87. The van der Waals surface area contributed by atoms with Crippen LogP contribution >= 0.6 is 0 Å². The van der Waals surface area contributed by atoms with Crippen molar-refractivity contribution in [2.45, 2.75) is 18.8 Å². The number of rotatable bonds is 4. The first-order valence-electron chi connectivity index (χ1n) is 8.62. The maximum absolute atomic E-state index is 13.3. The molecule has 7 N–H and O–H groups in total. The lowest BCUT2D eigenvalue weighted by Gasteiger charge is -2.31. The van der Waals surface area contributed by atoms with Gasteiger partial charge < -0.3 is 27.5 Å². The highest BCUT2D eigenvalue weighted by atomic mass is 19.3. The zero-order valence-corrected chi connectivity index (χ0v) is 15.0. The van der Waals surface area contributed by atoms with Crippen LogP contribution in [0.5, 0.6) is 0 Å². The van der Waals surface area contributed by atoms with Crippen molar-refractivity contribution >= 4 is 28.8 Å². The Bertz CT molecular complexity index is 889. The Balaban J connectivity index is 1.69. The molecule has 2 aromatic rings. The van der Waals surface area contributed by atoms with Gasteiger partial charge in [-0.2, -0.15) is 5.10 Å². The zero-order chi connectivity index (χ0) is 20.3. The number of nitrogens with zero attached hydrogens (tertiary/aromatic N) is 3. The predicted octanol–water partition coefficient (Wildman–Crippen LogP) is 1.86. The van der Waals surface area contributed by atoms with Gasteiger partial charge in [-0.05, 0) is 30.3 Å². The number of piperidine rings is 1. The molecule has 0 saturated carbocycles. The van der Waals surface area contributed by atoms with Gasteiger partial charge in [0.1, 0.15) is 5.69 Å². The number of nitrogen functional groups attached to an aromatic ring is 1. The van der Waals surface area contributed by atoms with Crippen LogP contribution in [0.4, 0.5) is 25.8 Å². The lowest BCUT2D eigenvalue weighted by Crippen LogP contribution is -2.42. The standard InChI is InChI=1S/C18H21F2N7O/c19-18(20)5-7-27(8-6-18)17(28)11-1-3-14(13(21)9-11)25-12-2-4-15(24-10-12)16(22)26-23/h1-4,9-10,25H,5-8,21,23H2,(H2,22,26). The first-order valence-corrected chi connectivity index (χ1v) is 8.62. The molecule has 0 bridgehead atoms. The number of hydrazone groups is 1. The number of alkyl halides is 2. The first kappa shape index (κ1) is 19.3. The van der Waals surface area contributed by atoms with Gasteiger partial charge in [-0.25, -0.2) is 8.78 Å². The largest absolute Gasteiger partial charge is 0.397 e. The van der Waals surface area contributed by atoms with E-state index in [-0.39, 0.29) is 37.7 Å². The zero-order valence-electron chi connectivity index (χ0n) is 15.0. The predicted molar refractivity (Wildman–Crippen MR) is 103 cm³/mol. The molecular formula is C18H21F2N7O. The lowest BCUT2D eigenvalue weighted by atomic mass is 10.0. The summed E-state index contributed by atoms with van der Waals surface area (Å²) in [5, 5.41) is 6.46. The number of benzene rings is 1. The van der Waals surface area contributed by atoms with Crippen LogP contribution in [0, 0.1) is 0 Å². The Morgan fingerprint density at radius 2 is 1.93 bits per heavy atom. The SMILES string of the molecule is N/N=C(\N)c1ccc(Nc2ccc(C(=O)N3CCC(F)(F)CC3)cc2N)cn1. The molecule has 1 amide bonds. The maximum Gasteiger partial charge on any atom is 0.253 e. The number of amides is 1. The Kier molecular flexibility index (Phi) is 5.30. The van der Waals surface area contributed by atoms with Crippen LogP contribution in [0.1, 0.15) is 28.9 Å². The number of carbonyl (C=O) groups is 1. The first-order chi connectivity index (χ1) is 13.3. The molecule has 0 radical (unpaired) electrons. The van der Waals surface area contributed by atoms with Crippen LogP contribution in [0.25, 0.3) is 0 Å². The van der Waals surface area contributed by atoms with Crippen molar-refractivity contribution in [1.29, 1.82) is 0 Å². The topological polar surface area (TPSA) is 136 Å². The molecule has 0 atom stereocenters. The van der Waals surface area contributed by atoms with Crippen LogP contribution in [0.15, 0.2) is 41.6 Å². The van der Waals surface area contributed by atoms with Crippen LogP contribution < -0.4 is 22.6 Å². The third-order valence-corrected chi connectivity index (χ3v) is 4.52. The second-order valence-electron chi connectivity index (χ2n) is 6.52. The Morgan fingerprint density at radius 3 is 2.50 bits per heavy atom. The van der Waals surface area contributed by atoms with E-state index >= 15 is 0 Å². The second-order valence-corrected chi connectivity index (χ2v) is 6.52. The van der Waals surface area contributed by atoms with Crippen molar-refractivity contribution in [3.05, 3.63) is 47.8 Å². The number of halogens is 2. The Labute approximate surface area is 160 Å². The number of nitrogens with one attached hydrogen (secondary N) is 1. The third-order valence-electron chi connectivity index (χ3n) is 4.52. The minimum atomic E-state index is -2.70. The van der Waals surface area contributed by atoms with E-state index in [0.29, 0.717) is 28.3 Å². The average molecular weight is 389 g/mol. The van der Waals surface area contributed by atoms with Crippen LogP contribution in [0.2, 0.25) is 0 Å². The summed E-state index contributed by atoms with van der Waals surface area (Å²) in [4.78, 5) is 18.1. The molecule has 148 valence electrons. The molecule has 1 fully saturated rings. The normalized spacial score (nSPS) is 16.6. The van der Waals surface area contributed by atoms with Gasteiger partial charge in [-0.3, -0.25) is 9.78 Å². The number of anilines is 3. The molecule has 1 aromatic heterocycles. The monoisotopic (exact) mass is 389 g/mol. The molecule has 0 spiro atoms. The summed E-state index contributed by atoms with van der Waals surface area (Å²) in [7, 11) is 0. The summed E-state index contributed by atoms with van der Waals surface area (Å²) in [6, 6.07) is 8.17. The molecule has 0 aliphatic carbocycles. The molecule has 3 rings (SSSR count). The highest BCUT2D eigenvalue weighted by molar-refractivity contribution is 5.97. The van der Waals surface area contributed by atoms with Gasteiger partial charge >= 0.3 is 0 Å². The van der Waals surface area contributed by atoms with Gasteiger partial charge in [0.2, 0.25) is 0 Å². The summed E-state index contributed by atoms with van der Waals surface area (Å²) in [6.07, 6.45) is 0.895. The molecule has 1 saturated heterocycles. The van der Waals surface area contributed by atoms with E-state index in [2.05, 4.69) is 15.4 Å². The number of nitrogens with two attached hydrogens (primary N) is 3. The van der Waals surface area contributed by atoms with Gasteiger partial charge in [0, 0.05) is 31.5 Å². The van der Waals surface area contributed by atoms with Gasteiger partial charge in [0.25, 0.3) is 11.8 Å². The number of pyridine rings is 1. The van der Waals surface area contributed by atoms with E-state index in [0.717, 1.165) is 0 Å². The number of hydrogen-bond acceptors (Lipinski definition) is 6. The highest BCUT2D eigenvalue weighted by Gasteiger charge is 2.35. The molecule has 0 unspecified atom stereocenters. The highest BCUT2D eigenvalue weighted by Crippen LogP contribution is 2.29. The average Bonchev–Trinajstić information content (AvgIpc) is 2.69. The summed E-state index contributed by atoms with van der Waals surface area (Å²) < 4.78 is 26.5. The minimum Gasteiger partial charge on any atom is -0.397 e. The van der Waals surface area contributed by atoms with Crippen LogP contribution in [-0.2, 0) is 0 Å². The number of carbonyl (C=O) groups excluding carboxylic acids is 1. The van der Waals surface area contributed by atoms with Crippen molar-refractivity contribution in [3.63, 3.8) is 0 Å².